The summed E-state index contributed by atoms with van der Waals surface area (Å²) in [5.74, 6) is -0.307. The number of methoxy groups -OCH3 is 1. The third-order valence-corrected chi connectivity index (χ3v) is 2.89. The molecule has 2 rings (SSSR count). The zero-order valence-corrected chi connectivity index (χ0v) is 10.6. The van der Waals surface area contributed by atoms with E-state index >= 15 is 0 Å². The van der Waals surface area contributed by atoms with Crippen LogP contribution < -0.4 is 10.3 Å². The van der Waals surface area contributed by atoms with Gasteiger partial charge in [-0.3, -0.25) is 19.8 Å². The Labute approximate surface area is 109 Å². The number of rotatable bonds is 4. The molecule has 19 heavy (non-hydrogen) atoms. The van der Waals surface area contributed by atoms with Crippen LogP contribution in [-0.4, -0.2) is 28.4 Å². The molecule has 0 bridgehead atoms. The standard InChI is InChI=1S/C13H14N2O4/c1-7-5-8(3-4-10(7)19-2)12-9(6-11(16)17)13(18)15-14-12/h3-5H,6H2,1-2H3,(H,16,17)(H2,14,15,18). The second-order valence-electron chi connectivity index (χ2n) is 4.19. The molecule has 0 spiro atoms. The van der Waals surface area contributed by atoms with Gasteiger partial charge in [0.15, 0.2) is 0 Å². The topological polar surface area (TPSA) is 95.2 Å². The molecule has 0 amide bonds. The van der Waals surface area contributed by atoms with Gasteiger partial charge in [0.1, 0.15) is 5.75 Å². The van der Waals surface area contributed by atoms with Crippen molar-refractivity contribution in [3.8, 4) is 17.0 Å². The van der Waals surface area contributed by atoms with Gasteiger partial charge in [-0.25, -0.2) is 0 Å². The van der Waals surface area contributed by atoms with Crippen LogP contribution in [0.25, 0.3) is 11.3 Å². The summed E-state index contributed by atoms with van der Waals surface area (Å²) in [6, 6.07) is 5.39. The average molecular weight is 262 g/mol. The van der Waals surface area contributed by atoms with Crippen LogP contribution in [0.3, 0.4) is 0 Å². The number of carbonyl (C=O) groups is 1. The van der Waals surface area contributed by atoms with Crippen molar-refractivity contribution in [3.05, 3.63) is 39.7 Å². The van der Waals surface area contributed by atoms with Crippen LogP contribution in [-0.2, 0) is 11.2 Å². The molecular weight excluding hydrogens is 248 g/mol. The van der Waals surface area contributed by atoms with Gasteiger partial charge in [-0.15, -0.1) is 0 Å². The minimum absolute atomic E-state index is 0.220. The summed E-state index contributed by atoms with van der Waals surface area (Å²) in [4.78, 5) is 22.4. The van der Waals surface area contributed by atoms with Gasteiger partial charge >= 0.3 is 5.97 Å². The molecule has 0 fully saturated rings. The maximum Gasteiger partial charge on any atom is 0.308 e. The summed E-state index contributed by atoms with van der Waals surface area (Å²) in [7, 11) is 1.58. The van der Waals surface area contributed by atoms with E-state index in [-0.39, 0.29) is 12.0 Å². The van der Waals surface area contributed by atoms with E-state index in [1.165, 1.54) is 0 Å². The van der Waals surface area contributed by atoms with E-state index in [9.17, 15) is 9.59 Å². The van der Waals surface area contributed by atoms with Crippen LogP contribution in [0, 0.1) is 6.92 Å². The summed E-state index contributed by atoms with van der Waals surface area (Å²) in [5.41, 5.74) is 1.96. The van der Waals surface area contributed by atoms with Crippen molar-refractivity contribution in [3.63, 3.8) is 0 Å². The number of carboxylic acids is 1. The van der Waals surface area contributed by atoms with Crippen molar-refractivity contribution < 1.29 is 14.6 Å². The van der Waals surface area contributed by atoms with Crippen molar-refractivity contribution in [1.29, 1.82) is 0 Å². The van der Waals surface area contributed by atoms with Gasteiger partial charge in [0.25, 0.3) is 5.56 Å². The fraction of sp³-hybridized carbons (Fsp3) is 0.231. The smallest absolute Gasteiger partial charge is 0.308 e. The van der Waals surface area contributed by atoms with Crippen molar-refractivity contribution in [2.45, 2.75) is 13.3 Å². The van der Waals surface area contributed by atoms with E-state index in [1.54, 1.807) is 19.2 Å². The molecule has 0 radical (unpaired) electrons. The predicted molar refractivity (Wildman–Crippen MR) is 69.5 cm³/mol. The van der Waals surface area contributed by atoms with Crippen molar-refractivity contribution in [2.75, 3.05) is 7.11 Å². The van der Waals surface area contributed by atoms with Crippen LogP contribution in [0.1, 0.15) is 11.1 Å². The first-order chi connectivity index (χ1) is 9.02. The summed E-state index contributed by atoms with van der Waals surface area (Å²) >= 11 is 0. The van der Waals surface area contributed by atoms with Crippen LogP contribution in [0.2, 0.25) is 0 Å². The first-order valence-electron chi connectivity index (χ1n) is 5.69. The number of aryl methyl sites for hydroxylation is 1. The zero-order chi connectivity index (χ0) is 14.0. The van der Waals surface area contributed by atoms with Gasteiger partial charge in [0, 0.05) is 5.56 Å². The number of aliphatic carboxylic acids is 1. The number of benzene rings is 1. The van der Waals surface area contributed by atoms with E-state index in [1.807, 2.05) is 13.0 Å². The minimum atomic E-state index is -1.04. The van der Waals surface area contributed by atoms with Crippen molar-refractivity contribution in [2.24, 2.45) is 0 Å². The number of ether oxygens (including phenoxy) is 1. The fourth-order valence-corrected chi connectivity index (χ4v) is 1.98. The molecule has 0 saturated heterocycles. The van der Waals surface area contributed by atoms with Crippen LogP contribution >= 0.6 is 0 Å². The van der Waals surface area contributed by atoms with Crippen LogP contribution in [0.5, 0.6) is 5.75 Å². The first-order valence-corrected chi connectivity index (χ1v) is 5.69. The van der Waals surface area contributed by atoms with E-state index in [0.29, 0.717) is 5.69 Å². The Balaban J connectivity index is 2.50. The van der Waals surface area contributed by atoms with Crippen LogP contribution in [0.4, 0.5) is 0 Å². The predicted octanol–water partition coefficient (Wildman–Crippen LogP) is 1.31. The lowest BCUT2D eigenvalue weighted by Gasteiger charge is -2.07. The molecule has 3 N–H and O–H groups in total. The highest BCUT2D eigenvalue weighted by Gasteiger charge is 2.15. The Morgan fingerprint density at radius 2 is 2.11 bits per heavy atom. The zero-order valence-electron chi connectivity index (χ0n) is 10.6. The van der Waals surface area contributed by atoms with Crippen molar-refractivity contribution in [1.82, 2.24) is 10.2 Å². The number of nitrogens with one attached hydrogen (secondary N) is 2. The van der Waals surface area contributed by atoms with E-state index in [4.69, 9.17) is 9.84 Å². The van der Waals surface area contributed by atoms with Crippen LogP contribution in [0.15, 0.2) is 23.0 Å². The molecular formula is C13H14N2O4. The number of H-pyrrole nitrogens is 2. The molecule has 0 aliphatic rings. The number of aromatic nitrogens is 2. The van der Waals surface area contributed by atoms with E-state index < -0.39 is 11.5 Å². The summed E-state index contributed by atoms with van der Waals surface area (Å²) < 4.78 is 5.16. The van der Waals surface area contributed by atoms with Gasteiger partial charge in [0.2, 0.25) is 0 Å². The molecule has 2 aromatic rings. The molecule has 1 heterocycles. The lowest BCUT2D eigenvalue weighted by molar-refractivity contribution is -0.136. The molecule has 1 aromatic carbocycles. The largest absolute Gasteiger partial charge is 0.496 e. The van der Waals surface area contributed by atoms with E-state index in [2.05, 4.69) is 10.2 Å². The SMILES string of the molecule is COc1ccc(-c2[nH][nH]c(=O)c2CC(=O)O)cc1C. The number of hydrogen-bond acceptors (Lipinski definition) is 3. The maximum absolute atomic E-state index is 11.6. The Hall–Kier alpha value is -2.50. The fourth-order valence-electron chi connectivity index (χ4n) is 1.98. The second kappa shape index (κ2) is 5.01. The highest BCUT2D eigenvalue weighted by atomic mass is 16.5. The van der Waals surface area contributed by atoms with E-state index in [0.717, 1.165) is 16.9 Å². The average Bonchev–Trinajstić information content (AvgIpc) is 2.70. The second-order valence-corrected chi connectivity index (χ2v) is 4.19. The molecule has 0 aliphatic carbocycles. The normalized spacial score (nSPS) is 10.4. The molecule has 6 heteroatoms. The third kappa shape index (κ3) is 2.52. The summed E-state index contributed by atoms with van der Waals surface area (Å²) in [6.45, 7) is 1.88. The molecule has 100 valence electrons. The minimum Gasteiger partial charge on any atom is -0.496 e. The molecule has 6 nitrogen and oxygen atoms in total. The molecule has 0 saturated carbocycles. The highest BCUT2D eigenvalue weighted by Crippen LogP contribution is 2.26. The van der Waals surface area contributed by atoms with Gasteiger partial charge in [-0.05, 0) is 30.7 Å². The monoisotopic (exact) mass is 262 g/mol. The number of hydrogen-bond donors (Lipinski definition) is 3. The summed E-state index contributed by atoms with van der Waals surface area (Å²) in [5, 5.41) is 14.0. The Morgan fingerprint density at radius 1 is 1.37 bits per heavy atom. The molecule has 0 unspecified atom stereocenters. The molecule has 0 aliphatic heterocycles. The van der Waals surface area contributed by atoms with Gasteiger partial charge in [-0.1, -0.05) is 0 Å². The third-order valence-electron chi connectivity index (χ3n) is 2.89. The lowest BCUT2D eigenvalue weighted by atomic mass is 10.0. The summed E-state index contributed by atoms with van der Waals surface area (Å²) in [6.07, 6.45) is -0.320. The Bertz CT molecular complexity index is 670. The quantitative estimate of drug-likeness (QED) is 0.774. The van der Waals surface area contributed by atoms with Gasteiger partial charge in [-0.2, -0.15) is 0 Å². The lowest BCUT2D eigenvalue weighted by Crippen LogP contribution is -2.11. The molecule has 1 aromatic heterocycles. The number of aromatic amines is 2. The first kappa shape index (κ1) is 12.9. The van der Waals surface area contributed by atoms with Gasteiger partial charge in [0.05, 0.1) is 24.8 Å². The van der Waals surface area contributed by atoms with Crippen molar-refractivity contribution >= 4 is 5.97 Å². The maximum atomic E-state index is 11.6. The Morgan fingerprint density at radius 3 is 2.68 bits per heavy atom. The van der Waals surface area contributed by atoms with Gasteiger partial charge < -0.3 is 9.84 Å². The highest BCUT2D eigenvalue weighted by molar-refractivity contribution is 5.75. The molecule has 0 atom stereocenters. The number of carboxylic acid groups (broad SMARTS) is 1. The Kier molecular flexibility index (Phi) is 3.41.